The average molecular weight is 665 g/mol. The Kier molecular flexibility index (Phi) is 15.1. The Morgan fingerprint density at radius 3 is 0.463 bits per heavy atom. The number of hydrogen-bond donors (Lipinski definition) is 2. The molecule has 0 aliphatic carbocycles. The molecule has 210 valence electrons. The molecule has 41 heavy (non-hydrogen) atoms. The molecular formula is C36H36N2P2Pd. The van der Waals surface area contributed by atoms with Crippen LogP contribution in [0.25, 0.3) is 0 Å². The van der Waals surface area contributed by atoms with Gasteiger partial charge in [0.15, 0.2) is 0 Å². The van der Waals surface area contributed by atoms with Crippen molar-refractivity contribution in [1.29, 1.82) is 0 Å². The topological polar surface area (TPSA) is 70.0 Å². The molecule has 0 bridgehead atoms. The zero-order chi connectivity index (χ0) is 25.8. The predicted molar refractivity (Wildman–Crippen MR) is 180 cm³/mol. The van der Waals surface area contributed by atoms with Gasteiger partial charge in [-0.15, -0.1) is 0 Å². The molecule has 0 aliphatic rings. The molecule has 0 unspecified atom stereocenters. The van der Waals surface area contributed by atoms with Crippen molar-refractivity contribution in [1.82, 2.24) is 12.3 Å². The second-order valence-electron chi connectivity index (χ2n) is 8.68. The molecule has 2 nitrogen and oxygen atoms in total. The van der Waals surface area contributed by atoms with Crippen LogP contribution in [0.1, 0.15) is 0 Å². The van der Waals surface area contributed by atoms with E-state index in [0.717, 1.165) is 0 Å². The van der Waals surface area contributed by atoms with Gasteiger partial charge < -0.3 is 12.3 Å². The van der Waals surface area contributed by atoms with Gasteiger partial charge in [0, 0.05) is 20.4 Å². The standard InChI is InChI=1S/2C18H15P.2H3N.Pd/c2*1-4-10-16(11-5-1)19(17-12-6-2-7-13-17)18-14-8-3-9-15-18;;;/h2*1-15H;2*1H3;. The van der Waals surface area contributed by atoms with E-state index in [2.05, 4.69) is 182 Å². The van der Waals surface area contributed by atoms with Gasteiger partial charge >= 0.3 is 0 Å². The third kappa shape index (κ3) is 9.40. The fourth-order valence-corrected chi connectivity index (χ4v) is 8.97. The Hall–Kier alpha value is -3.24. The summed E-state index contributed by atoms with van der Waals surface area (Å²) in [5.74, 6) is 0. The second-order valence-corrected chi connectivity index (χ2v) is 13.1. The maximum absolute atomic E-state index is 2.23. The minimum absolute atomic E-state index is 0. The first kappa shape index (κ1) is 34.0. The van der Waals surface area contributed by atoms with Crippen LogP contribution in [0.3, 0.4) is 0 Å². The largest absolute Gasteiger partial charge is 0.344 e. The summed E-state index contributed by atoms with van der Waals surface area (Å²) >= 11 is 0. The average Bonchev–Trinajstić information content (AvgIpc) is 3.01. The summed E-state index contributed by atoms with van der Waals surface area (Å²) in [6.45, 7) is 0. The first-order valence-corrected chi connectivity index (χ1v) is 15.5. The van der Waals surface area contributed by atoms with Crippen molar-refractivity contribution in [2.75, 3.05) is 0 Å². The number of hydrogen-bond acceptors (Lipinski definition) is 2. The SMILES string of the molecule is N.N.[Pd].c1ccc(P(c2ccccc2)c2ccccc2)cc1.c1ccc(P(c2ccccc2)c2ccccc2)cc1. The van der Waals surface area contributed by atoms with E-state index in [1.54, 1.807) is 0 Å². The van der Waals surface area contributed by atoms with E-state index in [1.165, 1.54) is 31.8 Å². The monoisotopic (exact) mass is 664 g/mol. The molecule has 0 aromatic heterocycles. The summed E-state index contributed by atoms with van der Waals surface area (Å²) in [4.78, 5) is 0. The van der Waals surface area contributed by atoms with E-state index in [-0.39, 0.29) is 32.7 Å². The van der Waals surface area contributed by atoms with E-state index < -0.39 is 15.8 Å². The van der Waals surface area contributed by atoms with E-state index in [4.69, 9.17) is 0 Å². The van der Waals surface area contributed by atoms with Gasteiger partial charge in [0.2, 0.25) is 0 Å². The Labute approximate surface area is 261 Å². The molecule has 0 radical (unpaired) electrons. The van der Waals surface area contributed by atoms with Crippen molar-refractivity contribution in [3.05, 3.63) is 182 Å². The van der Waals surface area contributed by atoms with Gasteiger partial charge in [0.25, 0.3) is 0 Å². The Bertz CT molecular complexity index is 1180. The smallest absolute Gasteiger partial charge is 0 e. The third-order valence-electron chi connectivity index (χ3n) is 6.09. The predicted octanol–water partition coefficient (Wildman–Crippen LogP) is 7.21. The molecule has 6 rings (SSSR count). The van der Waals surface area contributed by atoms with Crippen LogP contribution in [-0.2, 0) is 20.4 Å². The van der Waals surface area contributed by atoms with Crippen molar-refractivity contribution in [2.24, 2.45) is 0 Å². The summed E-state index contributed by atoms with van der Waals surface area (Å²) in [5, 5.41) is 8.39. The molecule has 6 aromatic rings. The fraction of sp³-hybridized carbons (Fsp3) is 0. The van der Waals surface area contributed by atoms with Crippen LogP contribution in [0.4, 0.5) is 0 Å². The van der Waals surface area contributed by atoms with Gasteiger partial charge in [0.1, 0.15) is 0 Å². The summed E-state index contributed by atoms with van der Waals surface area (Å²) in [7, 11) is -0.892. The zero-order valence-electron chi connectivity index (χ0n) is 22.9. The molecule has 5 heteroatoms. The summed E-state index contributed by atoms with van der Waals surface area (Å²) in [5.41, 5.74) is 0. The molecule has 6 N–H and O–H groups in total. The van der Waals surface area contributed by atoms with Crippen LogP contribution < -0.4 is 44.1 Å². The quantitative estimate of drug-likeness (QED) is 0.146. The minimum Gasteiger partial charge on any atom is -0.344 e. The van der Waals surface area contributed by atoms with Crippen LogP contribution in [0, 0.1) is 0 Å². The van der Waals surface area contributed by atoms with Gasteiger partial charge in [-0.3, -0.25) is 0 Å². The molecule has 0 saturated heterocycles. The van der Waals surface area contributed by atoms with Gasteiger partial charge in [-0.2, -0.15) is 0 Å². The van der Waals surface area contributed by atoms with Gasteiger partial charge in [-0.1, -0.05) is 182 Å². The van der Waals surface area contributed by atoms with Crippen LogP contribution in [0.5, 0.6) is 0 Å². The number of rotatable bonds is 6. The van der Waals surface area contributed by atoms with Crippen LogP contribution >= 0.6 is 15.8 Å². The Morgan fingerprint density at radius 1 is 0.220 bits per heavy atom. The van der Waals surface area contributed by atoms with E-state index in [0.29, 0.717) is 0 Å². The first-order valence-electron chi connectivity index (χ1n) is 12.8. The molecule has 0 heterocycles. The fourth-order valence-electron chi connectivity index (χ4n) is 4.36. The maximum atomic E-state index is 2.23. The molecule has 6 aromatic carbocycles. The third-order valence-corrected chi connectivity index (χ3v) is 11.0. The van der Waals surface area contributed by atoms with Gasteiger partial charge in [-0.25, -0.2) is 0 Å². The summed E-state index contributed by atoms with van der Waals surface area (Å²) < 4.78 is 0. The van der Waals surface area contributed by atoms with Crippen molar-refractivity contribution >= 4 is 47.7 Å². The molecule has 0 saturated carbocycles. The normalized spacial score (nSPS) is 9.80. The number of benzene rings is 6. The molecular weight excluding hydrogens is 629 g/mol. The van der Waals surface area contributed by atoms with E-state index >= 15 is 0 Å². The Balaban J connectivity index is 0.000000267. The minimum atomic E-state index is -0.446. The molecule has 0 spiro atoms. The van der Waals surface area contributed by atoms with Crippen LogP contribution in [0.2, 0.25) is 0 Å². The Morgan fingerprint density at radius 2 is 0.341 bits per heavy atom. The molecule has 0 amide bonds. The van der Waals surface area contributed by atoms with Crippen molar-refractivity contribution in [3.8, 4) is 0 Å². The molecule has 0 fully saturated rings. The summed E-state index contributed by atoms with van der Waals surface area (Å²) in [6.07, 6.45) is 0. The molecule has 0 atom stereocenters. The maximum Gasteiger partial charge on any atom is 0 e. The van der Waals surface area contributed by atoms with Gasteiger partial charge in [-0.05, 0) is 47.7 Å². The first-order chi connectivity index (χ1) is 18.9. The van der Waals surface area contributed by atoms with Crippen molar-refractivity contribution in [3.63, 3.8) is 0 Å². The zero-order valence-corrected chi connectivity index (χ0v) is 26.3. The summed E-state index contributed by atoms with van der Waals surface area (Å²) in [6, 6.07) is 64.7. The second kappa shape index (κ2) is 18.2. The molecule has 0 aliphatic heterocycles. The van der Waals surface area contributed by atoms with Crippen molar-refractivity contribution < 1.29 is 20.4 Å². The van der Waals surface area contributed by atoms with E-state index in [1.807, 2.05) is 0 Å². The van der Waals surface area contributed by atoms with Crippen molar-refractivity contribution in [2.45, 2.75) is 0 Å². The van der Waals surface area contributed by atoms with Gasteiger partial charge in [0.05, 0.1) is 0 Å². The van der Waals surface area contributed by atoms with Crippen LogP contribution in [0.15, 0.2) is 182 Å². The van der Waals surface area contributed by atoms with E-state index in [9.17, 15) is 0 Å². The van der Waals surface area contributed by atoms with Crippen LogP contribution in [-0.4, -0.2) is 0 Å².